The molecule has 1 saturated heterocycles. The summed E-state index contributed by atoms with van der Waals surface area (Å²) in [4.78, 5) is 16.1. The molecule has 1 amide bonds. The number of nitrogens with zero attached hydrogens (tertiary/aromatic N) is 2. The zero-order chi connectivity index (χ0) is 14.5. The number of rotatable bonds is 6. The SMILES string of the molecule is CC(C)CNC(=O)CN1CCN(CC(C)(C)O)CC1. The minimum atomic E-state index is -0.642. The topological polar surface area (TPSA) is 55.8 Å². The minimum absolute atomic E-state index is 0.115. The van der Waals surface area contributed by atoms with E-state index in [-0.39, 0.29) is 5.91 Å². The third kappa shape index (κ3) is 7.50. The Balaban J connectivity index is 2.21. The van der Waals surface area contributed by atoms with Crippen molar-refractivity contribution in [1.29, 1.82) is 0 Å². The summed E-state index contributed by atoms with van der Waals surface area (Å²) in [6.45, 7) is 13.4. The van der Waals surface area contributed by atoms with Crippen molar-refractivity contribution in [3.8, 4) is 0 Å². The largest absolute Gasteiger partial charge is 0.389 e. The van der Waals surface area contributed by atoms with Crippen LogP contribution in [0.4, 0.5) is 0 Å². The van der Waals surface area contributed by atoms with Gasteiger partial charge in [-0.25, -0.2) is 0 Å². The van der Waals surface area contributed by atoms with Gasteiger partial charge in [0.25, 0.3) is 0 Å². The van der Waals surface area contributed by atoms with Crippen LogP contribution in [0.15, 0.2) is 0 Å². The van der Waals surface area contributed by atoms with E-state index in [0.717, 1.165) is 32.7 Å². The molecule has 0 unspecified atom stereocenters. The van der Waals surface area contributed by atoms with E-state index in [0.29, 0.717) is 19.0 Å². The van der Waals surface area contributed by atoms with E-state index >= 15 is 0 Å². The Morgan fingerprint density at radius 3 is 2.21 bits per heavy atom. The average Bonchev–Trinajstić information content (AvgIpc) is 2.27. The Hall–Kier alpha value is -0.650. The lowest BCUT2D eigenvalue weighted by molar-refractivity contribution is -0.123. The number of aliphatic hydroxyl groups is 1. The van der Waals surface area contributed by atoms with Crippen LogP contribution < -0.4 is 5.32 Å². The zero-order valence-corrected chi connectivity index (χ0v) is 12.8. The Labute approximate surface area is 117 Å². The summed E-state index contributed by atoms with van der Waals surface area (Å²) in [7, 11) is 0. The van der Waals surface area contributed by atoms with Crippen LogP contribution in [0.2, 0.25) is 0 Å². The quantitative estimate of drug-likeness (QED) is 0.722. The molecule has 1 fully saturated rings. The van der Waals surface area contributed by atoms with E-state index in [2.05, 4.69) is 29.0 Å². The molecule has 1 aliphatic heterocycles. The first kappa shape index (κ1) is 16.4. The van der Waals surface area contributed by atoms with Crippen LogP contribution in [-0.4, -0.2) is 72.2 Å². The van der Waals surface area contributed by atoms with Crippen molar-refractivity contribution < 1.29 is 9.90 Å². The summed E-state index contributed by atoms with van der Waals surface area (Å²) in [5.74, 6) is 0.609. The second-order valence-electron chi connectivity index (χ2n) is 6.56. The molecule has 1 rings (SSSR count). The molecule has 0 atom stereocenters. The second-order valence-corrected chi connectivity index (χ2v) is 6.56. The molecule has 0 bridgehead atoms. The number of carbonyl (C=O) groups excluding carboxylic acids is 1. The first-order chi connectivity index (χ1) is 8.76. The van der Waals surface area contributed by atoms with Gasteiger partial charge in [-0.15, -0.1) is 0 Å². The predicted octanol–water partition coefficient (Wildman–Crippen LogP) is 0.147. The normalized spacial score (nSPS) is 18.8. The van der Waals surface area contributed by atoms with E-state index < -0.39 is 5.60 Å². The van der Waals surface area contributed by atoms with Gasteiger partial charge in [0, 0.05) is 39.3 Å². The van der Waals surface area contributed by atoms with Gasteiger partial charge < -0.3 is 10.4 Å². The number of nitrogens with one attached hydrogen (secondary N) is 1. The molecular weight excluding hydrogens is 242 g/mol. The lowest BCUT2D eigenvalue weighted by atomic mass is 10.1. The van der Waals surface area contributed by atoms with Gasteiger partial charge in [0.05, 0.1) is 12.1 Å². The van der Waals surface area contributed by atoms with Gasteiger partial charge in [0.2, 0.25) is 5.91 Å². The van der Waals surface area contributed by atoms with Crippen molar-refractivity contribution in [3.63, 3.8) is 0 Å². The number of amides is 1. The van der Waals surface area contributed by atoms with Crippen LogP contribution in [-0.2, 0) is 4.79 Å². The Bertz CT molecular complexity index is 279. The van der Waals surface area contributed by atoms with Gasteiger partial charge in [-0.1, -0.05) is 13.8 Å². The molecule has 0 aliphatic carbocycles. The summed E-state index contributed by atoms with van der Waals surface area (Å²) in [6.07, 6.45) is 0. The van der Waals surface area contributed by atoms with Crippen LogP contribution in [0.25, 0.3) is 0 Å². The third-order valence-corrected chi connectivity index (χ3v) is 3.15. The predicted molar refractivity (Wildman–Crippen MR) is 77.0 cm³/mol. The lowest BCUT2D eigenvalue weighted by Crippen LogP contribution is -2.52. The Morgan fingerprint density at radius 2 is 1.74 bits per heavy atom. The summed E-state index contributed by atoms with van der Waals surface area (Å²) in [6, 6.07) is 0. The molecular formula is C14H29N3O2. The first-order valence-corrected chi connectivity index (χ1v) is 7.20. The van der Waals surface area contributed by atoms with E-state index in [1.165, 1.54) is 0 Å². The molecule has 0 aromatic heterocycles. The van der Waals surface area contributed by atoms with Gasteiger partial charge in [-0.3, -0.25) is 14.6 Å². The standard InChI is InChI=1S/C14H29N3O2/c1-12(2)9-15-13(18)10-16-5-7-17(8-6-16)11-14(3,4)19/h12,19H,5-11H2,1-4H3,(H,15,18). The van der Waals surface area contributed by atoms with E-state index in [1.807, 2.05) is 13.8 Å². The second kappa shape index (κ2) is 7.22. The van der Waals surface area contributed by atoms with E-state index in [4.69, 9.17) is 0 Å². The van der Waals surface area contributed by atoms with Crippen molar-refractivity contribution in [2.45, 2.75) is 33.3 Å². The molecule has 5 nitrogen and oxygen atoms in total. The van der Waals surface area contributed by atoms with Crippen molar-refractivity contribution in [2.75, 3.05) is 45.8 Å². The molecule has 19 heavy (non-hydrogen) atoms. The van der Waals surface area contributed by atoms with Gasteiger partial charge >= 0.3 is 0 Å². The van der Waals surface area contributed by atoms with Crippen LogP contribution in [0.5, 0.6) is 0 Å². The molecule has 0 aromatic rings. The number of β-amino-alcohol motifs (C(OH)–C–C–N with tert-alkyl or cyclic N) is 1. The third-order valence-electron chi connectivity index (χ3n) is 3.15. The number of hydrogen-bond donors (Lipinski definition) is 2. The molecule has 112 valence electrons. The summed E-state index contributed by atoms with van der Waals surface area (Å²) >= 11 is 0. The molecule has 0 aromatic carbocycles. The molecule has 5 heteroatoms. The summed E-state index contributed by atoms with van der Waals surface area (Å²) < 4.78 is 0. The van der Waals surface area contributed by atoms with Crippen LogP contribution in [0.3, 0.4) is 0 Å². The smallest absolute Gasteiger partial charge is 0.234 e. The van der Waals surface area contributed by atoms with Crippen molar-refractivity contribution in [3.05, 3.63) is 0 Å². The minimum Gasteiger partial charge on any atom is -0.389 e. The van der Waals surface area contributed by atoms with E-state index in [1.54, 1.807) is 0 Å². The van der Waals surface area contributed by atoms with Crippen molar-refractivity contribution in [2.24, 2.45) is 5.92 Å². The summed E-state index contributed by atoms with van der Waals surface area (Å²) in [5, 5.41) is 12.7. The molecule has 0 spiro atoms. The highest BCUT2D eigenvalue weighted by molar-refractivity contribution is 5.78. The fraction of sp³-hybridized carbons (Fsp3) is 0.929. The van der Waals surface area contributed by atoms with E-state index in [9.17, 15) is 9.90 Å². The fourth-order valence-electron chi connectivity index (χ4n) is 2.23. The van der Waals surface area contributed by atoms with Gasteiger partial charge in [-0.05, 0) is 19.8 Å². The number of carbonyl (C=O) groups is 1. The first-order valence-electron chi connectivity index (χ1n) is 7.20. The molecule has 0 radical (unpaired) electrons. The highest BCUT2D eigenvalue weighted by Gasteiger charge is 2.23. The average molecular weight is 271 g/mol. The van der Waals surface area contributed by atoms with Crippen LogP contribution in [0, 0.1) is 5.92 Å². The maximum Gasteiger partial charge on any atom is 0.234 e. The molecule has 1 heterocycles. The number of piperazine rings is 1. The van der Waals surface area contributed by atoms with Crippen molar-refractivity contribution >= 4 is 5.91 Å². The van der Waals surface area contributed by atoms with Gasteiger partial charge in [0.15, 0.2) is 0 Å². The lowest BCUT2D eigenvalue weighted by Gasteiger charge is -2.37. The van der Waals surface area contributed by atoms with Crippen LogP contribution in [0.1, 0.15) is 27.7 Å². The molecule has 0 saturated carbocycles. The van der Waals surface area contributed by atoms with Crippen molar-refractivity contribution in [1.82, 2.24) is 15.1 Å². The maximum absolute atomic E-state index is 11.7. The van der Waals surface area contributed by atoms with Crippen LogP contribution >= 0.6 is 0 Å². The maximum atomic E-state index is 11.7. The summed E-state index contributed by atoms with van der Waals surface area (Å²) in [5.41, 5.74) is -0.642. The van der Waals surface area contributed by atoms with Gasteiger partial charge in [0.1, 0.15) is 0 Å². The van der Waals surface area contributed by atoms with Gasteiger partial charge in [-0.2, -0.15) is 0 Å². The Kier molecular flexibility index (Phi) is 6.23. The highest BCUT2D eigenvalue weighted by Crippen LogP contribution is 2.08. The highest BCUT2D eigenvalue weighted by atomic mass is 16.3. The Morgan fingerprint density at radius 1 is 1.21 bits per heavy atom. The monoisotopic (exact) mass is 271 g/mol. The molecule has 2 N–H and O–H groups in total. The number of hydrogen-bond acceptors (Lipinski definition) is 4. The fourth-order valence-corrected chi connectivity index (χ4v) is 2.23. The zero-order valence-electron chi connectivity index (χ0n) is 12.8. The molecule has 1 aliphatic rings.